The highest BCUT2D eigenvalue weighted by molar-refractivity contribution is 5.87. The van der Waals surface area contributed by atoms with Gasteiger partial charge in [0.1, 0.15) is 23.9 Å². The van der Waals surface area contributed by atoms with Crippen LogP contribution in [0.25, 0.3) is 0 Å². The molecule has 3 fully saturated rings. The van der Waals surface area contributed by atoms with Gasteiger partial charge in [-0.2, -0.15) is 0 Å². The van der Waals surface area contributed by atoms with Crippen molar-refractivity contribution in [3.05, 3.63) is 36.0 Å². The number of allylic oxidation sites excluding steroid dienone is 2. The van der Waals surface area contributed by atoms with E-state index in [1.165, 1.54) is 13.0 Å². The van der Waals surface area contributed by atoms with E-state index in [2.05, 4.69) is 18.3 Å². The fraction of sp³-hybridized carbons (Fsp3) is 0.704. The van der Waals surface area contributed by atoms with Gasteiger partial charge in [-0.25, -0.2) is 0 Å². The topological polar surface area (TPSA) is 127 Å². The first-order valence-electron chi connectivity index (χ1n) is 12.7. The first-order valence-corrected chi connectivity index (χ1v) is 12.7. The van der Waals surface area contributed by atoms with Crippen LogP contribution in [0.1, 0.15) is 60.8 Å². The summed E-state index contributed by atoms with van der Waals surface area (Å²) in [5, 5.41) is 23.9. The quantitative estimate of drug-likeness (QED) is 0.198. The van der Waals surface area contributed by atoms with E-state index in [0.29, 0.717) is 13.0 Å². The highest BCUT2D eigenvalue weighted by Crippen LogP contribution is 2.45. The van der Waals surface area contributed by atoms with Crippen LogP contribution in [0.15, 0.2) is 36.0 Å². The molecule has 1 amide bonds. The van der Waals surface area contributed by atoms with Gasteiger partial charge in [-0.1, -0.05) is 30.7 Å². The molecule has 0 radical (unpaired) electrons. The van der Waals surface area contributed by atoms with Crippen molar-refractivity contribution in [3.8, 4) is 0 Å². The summed E-state index contributed by atoms with van der Waals surface area (Å²) in [7, 11) is 0. The minimum Gasteiger partial charge on any atom is -0.459 e. The molecule has 9 nitrogen and oxygen atoms in total. The molecule has 202 valence electrons. The van der Waals surface area contributed by atoms with Crippen LogP contribution in [0.4, 0.5) is 0 Å². The molecule has 2 unspecified atom stereocenters. The maximum atomic E-state index is 12.3. The van der Waals surface area contributed by atoms with Gasteiger partial charge in [0, 0.05) is 19.4 Å². The predicted molar refractivity (Wildman–Crippen MR) is 133 cm³/mol. The Kier molecular flexibility index (Phi) is 9.16. The molecule has 0 aromatic carbocycles. The number of epoxide rings is 1. The van der Waals surface area contributed by atoms with Crippen molar-refractivity contribution in [2.75, 3.05) is 6.61 Å². The summed E-state index contributed by atoms with van der Waals surface area (Å²) >= 11 is 0. The number of hydrogen-bond donors (Lipinski definition) is 3. The zero-order valence-corrected chi connectivity index (χ0v) is 22.1. The van der Waals surface area contributed by atoms with Crippen LogP contribution in [-0.4, -0.2) is 76.6 Å². The number of hydrogen-bond acceptors (Lipinski definition) is 8. The number of carbonyl (C=O) groups is 2. The second-order valence-corrected chi connectivity index (χ2v) is 10.7. The molecule has 36 heavy (non-hydrogen) atoms. The van der Waals surface area contributed by atoms with E-state index in [9.17, 15) is 19.8 Å². The van der Waals surface area contributed by atoms with E-state index in [-0.39, 0.29) is 36.5 Å². The number of esters is 1. The van der Waals surface area contributed by atoms with Gasteiger partial charge in [0.25, 0.3) is 0 Å². The normalized spacial score (nSPS) is 39.9. The number of nitrogens with one attached hydrogen (secondary N) is 1. The minimum absolute atomic E-state index is 0.0106. The van der Waals surface area contributed by atoms with Gasteiger partial charge >= 0.3 is 5.97 Å². The fourth-order valence-corrected chi connectivity index (χ4v) is 4.95. The lowest BCUT2D eigenvalue weighted by Gasteiger charge is -2.40. The Morgan fingerprint density at radius 2 is 1.94 bits per heavy atom. The lowest BCUT2D eigenvalue weighted by molar-refractivity contribution is -0.272. The number of ether oxygens (including phenoxy) is 4. The third kappa shape index (κ3) is 7.73. The predicted octanol–water partition coefficient (Wildman–Crippen LogP) is 2.31. The molecule has 0 aromatic heterocycles. The first-order chi connectivity index (χ1) is 16.8. The van der Waals surface area contributed by atoms with Crippen LogP contribution in [0, 0.1) is 5.92 Å². The molecule has 3 rings (SSSR count). The molecule has 3 heterocycles. The lowest BCUT2D eigenvalue weighted by atomic mass is 9.87. The van der Waals surface area contributed by atoms with E-state index in [4.69, 9.17) is 18.9 Å². The highest BCUT2D eigenvalue weighted by Gasteiger charge is 2.61. The van der Waals surface area contributed by atoms with Gasteiger partial charge in [-0.3, -0.25) is 9.59 Å². The van der Waals surface area contributed by atoms with Crippen molar-refractivity contribution in [3.63, 3.8) is 0 Å². The molecular weight excluding hydrogens is 466 g/mol. The van der Waals surface area contributed by atoms with Crippen LogP contribution in [-0.2, 0) is 28.5 Å². The zero-order chi connectivity index (χ0) is 26.7. The summed E-state index contributed by atoms with van der Waals surface area (Å²) in [6.07, 6.45) is 8.33. The number of rotatable bonds is 8. The standard InChI is InChI=1S/C27H41NO8/c1-16(8-11-23-25(31)27(15-33-27)14-26(6,32)36-23)7-10-22-17(2)13-21(19(4)35-22)28-24(30)12-9-18(3)34-20(5)29/h7-9,11-12,17-19,21-23,25,31-32H,10,13-15H2,1-6H3,(H,28,30)/b11-8+,12-9+,16-7+/t17-,18-,19+,21?,22-,23+,25+,26-,27?/m0/s1. The summed E-state index contributed by atoms with van der Waals surface area (Å²) in [6, 6.07) is -0.114. The molecule has 9 heteroatoms. The van der Waals surface area contributed by atoms with Crippen LogP contribution in [0.2, 0.25) is 0 Å². The molecule has 1 spiro atoms. The largest absolute Gasteiger partial charge is 0.459 e. The van der Waals surface area contributed by atoms with Crippen molar-refractivity contribution in [2.24, 2.45) is 5.92 Å². The SMILES string of the molecule is CC(=O)O[C@@H](C)/C=C/C(=O)NC1C[C@H](C)[C@H](C/C=C(C)/C=C/[C@H]2O[C@](C)(O)CC3(CO3)[C@@H]2O)O[C@@H]1C. The molecule has 0 aromatic rings. The number of aliphatic hydroxyl groups is 2. The molecule has 3 aliphatic rings. The van der Waals surface area contributed by atoms with Crippen molar-refractivity contribution < 1.29 is 38.7 Å². The third-order valence-corrected chi connectivity index (χ3v) is 7.02. The lowest BCUT2D eigenvalue weighted by Crippen LogP contribution is -2.54. The van der Waals surface area contributed by atoms with Gasteiger partial charge in [0.15, 0.2) is 5.79 Å². The molecule has 3 aliphatic heterocycles. The molecule has 0 saturated carbocycles. The van der Waals surface area contributed by atoms with E-state index in [0.717, 1.165) is 12.0 Å². The zero-order valence-electron chi connectivity index (χ0n) is 22.1. The Bertz CT molecular complexity index is 890. The van der Waals surface area contributed by atoms with Gasteiger partial charge in [-0.05, 0) is 52.5 Å². The van der Waals surface area contributed by atoms with Crippen molar-refractivity contribution in [1.82, 2.24) is 5.32 Å². The van der Waals surface area contributed by atoms with Crippen molar-refractivity contribution in [2.45, 2.75) is 109 Å². The molecule has 3 N–H and O–H groups in total. The maximum absolute atomic E-state index is 12.3. The monoisotopic (exact) mass is 507 g/mol. The smallest absolute Gasteiger partial charge is 0.303 e. The average molecular weight is 508 g/mol. The summed E-state index contributed by atoms with van der Waals surface area (Å²) in [5.74, 6) is -1.75. The van der Waals surface area contributed by atoms with E-state index in [1.807, 2.05) is 19.9 Å². The summed E-state index contributed by atoms with van der Waals surface area (Å²) < 4.78 is 22.3. The van der Waals surface area contributed by atoms with E-state index < -0.39 is 35.7 Å². The maximum Gasteiger partial charge on any atom is 0.303 e. The molecule has 3 saturated heterocycles. The van der Waals surface area contributed by atoms with Gasteiger partial charge in [0.2, 0.25) is 5.91 Å². The fourth-order valence-electron chi connectivity index (χ4n) is 4.95. The Balaban J connectivity index is 1.49. The number of amides is 1. The molecular formula is C27H41NO8. The minimum atomic E-state index is -1.34. The van der Waals surface area contributed by atoms with E-state index >= 15 is 0 Å². The Morgan fingerprint density at radius 3 is 2.58 bits per heavy atom. The van der Waals surface area contributed by atoms with Crippen molar-refractivity contribution >= 4 is 11.9 Å². The molecule has 0 bridgehead atoms. The van der Waals surface area contributed by atoms with Crippen LogP contribution in [0.3, 0.4) is 0 Å². The number of aliphatic hydroxyl groups excluding tert-OH is 1. The first kappa shape index (κ1) is 28.5. The van der Waals surface area contributed by atoms with Gasteiger partial charge in [0.05, 0.1) is 24.9 Å². The second kappa shape index (κ2) is 11.6. The second-order valence-electron chi connectivity index (χ2n) is 10.7. The van der Waals surface area contributed by atoms with Crippen LogP contribution < -0.4 is 5.32 Å². The number of carbonyl (C=O) groups excluding carboxylic acids is 2. The van der Waals surface area contributed by atoms with Gasteiger partial charge in [-0.15, -0.1) is 0 Å². The highest BCUT2D eigenvalue weighted by atomic mass is 16.7. The Labute approximate surface area is 213 Å². The summed E-state index contributed by atoms with van der Waals surface area (Å²) in [6.45, 7) is 11.1. The third-order valence-electron chi connectivity index (χ3n) is 7.02. The van der Waals surface area contributed by atoms with E-state index in [1.54, 1.807) is 26.0 Å². The van der Waals surface area contributed by atoms with Gasteiger partial charge < -0.3 is 34.5 Å². The van der Waals surface area contributed by atoms with Crippen molar-refractivity contribution in [1.29, 1.82) is 0 Å². The van der Waals surface area contributed by atoms with Crippen LogP contribution >= 0.6 is 0 Å². The average Bonchev–Trinajstić information content (AvgIpc) is 3.54. The van der Waals surface area contributed by atoms with Crippen LogP contribution in [0.5, 0.6) is 0 Å². The summed E-state index contributed by atoms with van der Waals surface area (Å²) in [4.78, 5) is 23.3. The molecule has 9 atom stereocenters. The Morgan fingerprint density at radius 1 is 1.25 bits per heavy atom. The summed E-state index contributed by atoms with van der Waals surface area (Å²) in [5.41, 5.74) is 0.283. The Hall–Kier alpha value is -2.04. The molecule has 0 aliphatic carbocycles.